The van der Waals surface area contributed by atoms with Gasteiger partial charge in [-0.25, -0.2) is 5.48 Å². The fraction of sp³-hybridized carbons (Fsp3) is 0.333. The Bertz CT molecular complexity index is 624. The molecule has 0 aliphatic heterocycles. The molecule has 136 valence electrons. The number of carbonyl (C=O) groups is 2. The molecule has 1 aromatic rings. The SMILES string of the molecule is C=C.CC(C)(O)[C@H](NC(=O)c1ccc(C#CCCO)cc1)C(=O)NO. The molecule has 0 bridgehead atoms. The fourth-order valence-electron chi connectivity index (χ4n) is 1.77. The van der Waals surface area contributed by atoms with Gasteiger partial charge in [0, 0.05) is 17.5 Å². The summed E-state index contributed by atoms with van der Waals surface area (Å²) in [6.07, 6.45) is 0.367. The van der Waals surface area contributed by atoms with Crippen molar-refractivity contribution >= 4 is 11.8 Å². The lowest BCUT2D eigenvalue weighted by Crippen LogP contribution is -2.57. The summed E-state index contributed by atoms with van der Waals surface area (Å²) in [4.78, 5) is 23.7. The van der Waals surface area contributed by atoms with E-state index in [0.717, 1.165) is 0 Å². The molecule has 1 aromatic carbocycles. The molecular formula is C18H24N2O5. The molecule has 0 aliphatic carbocycles. The Balaban J connectivity index is 0.00000277. The van der Waals surface area contributed by atoms with Crippen molar-refractivity contribution < 1.29 is 25.0 Å². The number of aliphatic hydroxyl groups is 2. The van der Waals surface area contributed by atoms with Gasteiger partial charge >= 0.3 is 0 Å². The first-order valence-corrected chi connectivity index (χ1v) is 7.46. The molecule has 0 saturated heterocycles. The van der Waals surface area contributed by atoms with Gasteiger partial charge < -0.3 is 15.5 Å². The standard InChI is InChI=1S/C16H20N2O5.C2H4/c1-16(2,22)13(15(21)18-23)17-14(20)12-8-6-11(7-9-12)5-3-4-10-19;1-2/h6-9,13,19,22-23H,4,10H2,1-2H3,(H,17,20)(H,18,21);1-2H2/t13-;/m1./s1. The lowest BCUT2D eigenvalue weighted by Gasteiger charge is -2.28. The Kier molecular flexibility index (Phi) is 9.82. The summed E-state index contributed by atoms with van der Waals surface area (Å²) in [6.45, 7) is 8.67. The van der Waals surface area contributed by atoms with Gasteiger partial charge in [-0.1, -0.05) is 11.8 Å². The Morgan fingerprint density at radius 3 is 2.24 bits per heavy atom. The number of hydroxylamine groups is 1. The van der Waals surface area contributed by atoms with Crippen LogP contribution in [0, 0.1) is 11.8 Å². The molecule has 5 N–H and O–H groups in total. The number of aliphatic hydroxyl groups excluding tert-OH is 1. The molecule has 0 fully saturated rings. The van der Waals surface area contributed by atoms with E-state index in [1.54, 1.807) is 12.1 Å². The number of amides is 2. The summed E-state index contributed by atoms with van der Waals surface area (Å²) in [5.41, 5.74) is 0.815. The Morgan fingerprint density at radius 1 is 1.24 bits per heavy atom. The maximum atomic E-state index is 12.1. The highest BCUT2D eigenvalue weighted by molar-refractivity contribution is 5.97. The molecule has 0 aliphatic rings. The smallest absolute Gasteiger partial charge is 0.268 e. The third-order valence-electron chi connectivity index (χ3n) is 2.97. The Hall–Kier alpha value is -2.66. The van der Waals surface area contributed by atoms with Crippen LogP contribution in [0.5, 0.6) is 0 Å². The number of carbonyl (C=O) groups excluding carboxylic acids is 2. The van der Waals surface area contributed by atoms with Gasteiger partial charge in [0.15, 0.2) is 0 Å². The van der Waals surface area contributed by atoms with Crippen molar-refractivity contribution in [2.24, 2.45) is 0 Å². The maximum absolute atomic E-state index is 12.1. The fourth-order valence-corrected chi connectivity index (χ4v) is 1.77. The van der Waals surface area contributed by atoms with Crippen LogP contribution in [0.15, 0.2) is 37.4 Å². The Morgan fingerprint density at radius 2 is 1.80 bits per heavy atom. The molecule has 0 spiro atoms. The van der Waals surface area contributed by atoms with Crippen molar-refractivity contribution in [1.82, 2.24) is 10.8 Å². The number of benzene rings is 1. The predicted octanol–water partition coefficient (Wildman–Crippen LogP) is 0.597. The molecule has 7 heteroatoms. The van der Waals surface area contributed by atoms with Crippen molar-refractivity contribution in [3.63, 3.8) is 0 Å². The van der Waals surface area contributed by atoms with E-state index in [1.165, 1.54) is 31.5 Å². The summed E-state index contributed by atoms with van der Waals surface area (Å²) in [5.74, 6) is 4.09. The molecular weight excluding hydrogens is 324 g/mol. The summed E-state index contributed by atoms with van der Waals surface area (Å²) in [7, 11) is 0. The third kappa shape index (κ3) is 7.63. The van der Waals surface area contributed by atoms with Crippen LogP contribution in [0.2, 0.25) is 0 Å². The maximum Gasteiger partial charge on any atom is 0.268 e. The van der Waals surface area contributed by atoms with Crippen LogP contribution in [0.4, 0.5) is 0 Å². The van der Waals surface area contributed by atoms with E-state index in [4.69, 9.17) is 10.3 Å². The lowest BCUT2D eigenvalue weighted by atomic mass is 9.97. The Labute approximate surface area is 147 Å². The van der Waals surface area contributed by atoms with E-state index in [0.29, 0.717) is 12.0 Å². The number of hydrogen-bond acceptors (Lipinski definition) is 5. The first-order valence-electron chi connectivity index (χ1n) is 7.46. The average molecular weight is 348 g/mol. The molecule has 0 aromatic heterocycles. The second-order valence-corrected chi connectivity index (χ2v) is 5.39. The van der Waals surface area contributed by atoms with Crippen LogP contribution in [0.3, 0.4) is 0 Å². The van der Waals surface area contributed by atoms with Gasteiger partial charge in [0.2, 0.25) is 0 Å². The van der Waals surface area contributed by atoms with Crippen LogP contribution in [-0.2, 0) is 4.79 Å². The quantitative estimate of drug-likeness (QED) is 0.231. The second-order valence-electron chi connectivity index (χ2n) is 5.39. The van der Waals surface area contributed by atoms with Crippen LogP contribution < -0.4 is 10.8 Å². The molecule has 0 saturated carbocycles. The van der Waals surface area contributed by atoms with E-state index in [2.05, 4.69) is 30.3 Å². The molecule has 0 radical (unpaired) electrons. The first-order chi connectivity index (χ1) is 11.8. The predicted molar refractivity (Wildman–Crippen MR) is 93.8 cm³/mol. The van der Waals surface area contributed by atoms with Crippen molar-refractivity contribution in [2.75, 3.05) is 6.61 Å². The van der Waals surface area contributed by atoms with Crippen LogP contribution >= 0.6 is 0 Å². The van der Waals surface area contributed by atoms with Crippen LogP contribution in [0.1, 0.15) is 36.2 Å². The van der Waals surface area contributed by atoms with Gasteiger partial charge in [-0.3, -0.25) is 14.8 Å². The molecule has 1 atom stereocenters. The topological polar surface area (TPSA) is 119 Å². The minimum absolute atomic E-state index is 0.0151. The van der Waals surface area contributed by atoms with Crippen molar-refractivity contribution in [1.29, 1.82) is 0 Å². The van der Waals surface area contributed by atoms with Crippen LogP contribution in [0.25, 0.3) is 0 Å². The average Bonchev–Trinajstić information content (AvgIpc) is 2.60. The molecule has 2 amide bonds. The lowest BCUT2D eigenvalue weighted by molar-refractivity contribution is -0.136. The number of nitrogens with one attached hydrogen (secondary N) is 2. The highest BCUT2D eigenvalue weighted by Crippen LogP contribution is 2.11. The molecule has 25 heavy (non-hydrogen) atoms. The highest BCUT2D eigenvalue weighted by atomic mass is 16.5. The van der Waals surface area contributed by atoms with Gasteiger partial charge in [0.05, 0.1) is 12.2 Å². The highest BCUT2D eigenvalue weighted by Gasteiger charge is 2.34. The summed E-state index contributed by atoms with van der Waals surface area (Å²) < 4.78 is 0. The zero-order valence-corrected chi connectivity index (χ0v) is 14.4. The van der Waals surface area contributed by atoms with E-state index >= 15 is 0 Å². The van der Waals surface area contributed by atoms with Crippen molar-refractivity contribution in [2.45, 2.75) is 31.9 Å². The number of rotatable bonds is 5. The zero-order valence-electron chi connectivity index (χ0n) is 14.4. The molecule has 0 unspecified atom stereocenters. The van der Waals surface area contributed by atoms with Crippen LogP contribution in [-0.4, -0.2) is 45.5 Å². The number of hydrogen-bond donors (Lipinski definition) is 5. The van der Waals surface area contributed by atoms with Gasteiger partial charge in [-0.15, -0.1) is 13.2 Å². The summed E-state index contributed by atoms with van der Waals surface area (Å²) in [6, 6.07) is 4.99. The second kappa shape index (κ2) is 11.0. The monoisotopic (exact) mass is 348 g/mol. The van der Waals surface area contributed by atoms with Gasteiger partial charge in [-0.05, 0) is 38.1 Å². The third-order valence-corrected chi connectivity index (χ3v) is 2.97. The summed E-state index contributed by atoms with van der Waals surface area (Å²) >= 11 is 0. The van der Waals surface area contributed by atoms with E-state index in [-0.39, 0.29) is 12.2 Å². The largest absolute Gasteiger partial charge is 0.395 e. The van der Waals surface area contributed by atoms with Gasteiger partial charge in [-0.2, -0.15) is 0 Å². The first kappa shape index (κ1) is 22.3. The minimum Gasteiger partial charge on any atom is -0.395 e. The van der Waals surface area contributed by atoms with Crippen molar-refractivity contribution in [3.8, 4) is 11.8 Å². The molecule has 7 nitrogen and oxygen atoms in total. The molecule has 0 heterocycles. The van der Waals surface area contributed by atoms with Gasteiger partial charge in [0.1, 0.15) is 6.04 Å². The van der Waals surface area contributed by atoms with Gasteiger partial charge in [0.25, 0.3) is 11.8 Å². The van der Waals surface area contributed by atoms with Crippen molar-refractivity contribution in [3.05, 3.63) is 48.6 Å². The van der Waals surface area contributed by atoms with E-state index in [1.807, 2.05) is 0 Å². The zero-order chi connectivity index (χ0) is 19.5. The minimum atomic E-state index is -1.56. The van der Waals surface area contributed by atoms with E-state index in [9.17, 15) is 14.7 Å². The molecule has 1 rings (SSSR count). The summed E-state index contributed by atoms with van der Waals surface area (Å²) in [5, 5.41) is 29.6. The normalized spacial score (nSPS) is 11.1. The van der Waals surface area contributed by atoms with E-state index < -0.39 is 23.5 Å².